The van der Waals surface area contributed by atoms with Crippen LogP contribution in [0.5, 0.6) is 0 Å². The van der Waals surface area contributed by atoms with Gasteiger partial charge in [0.2, 0.25) is 5.89 Å². The van der Waals surface area contributed by atoms with Crippen LogP contribution in [0.1, 0.15) is 38.9 Å². The summed E-state index contributed by atoms with van der Waals surface area (Å²) in [5.41, 5.74) is -0.249. The molecule has 0 saturated carbocycles. The quantitative estimate of drug-likeness (QED) is 0.758. The molecule has 0 spiro atoms. The van der Waals surface area contributed by atoms with E-state index >= 15 is 0 Å². The summed E-state index contributed by atoms with van der Waals surface area (Å²) in [4.78, 5) is 4.36. The highest BCUT2D eigenvalue weighted by molar-refractivity contribution is 7.98. The van der Waals surface area contributed by atoms with E-state index in [1.165, 1.54) is 6.42 Å². The summed E-state index contributed by atoms with van der Waals surface area (Å²) >= 11 is 1.83. The molecule has 1 heterocycles. The minimum absolute atomic E-state index is 0.249. The molecular weight excluding hydrogens is 210 g/mol. The summed E-state index contributed by atoms with van der Waals surface area (Å²) < 4.78 is 5.21. The molecule has 1 rings (SSSR count). The zero-order chi connectivity index (χ0) is 11.3. The molecule has 0 bridgehead atoms. The number of nitrogens with zero attached hydrogens (tertiary/aromatic N) is 2. The lowest BCUT2D eigenvalue weighted by Gasteiger charge is -2.17. The maximum atomic E-state index is 5.21. The van der Waals surface area contributed by atoms with Crippen LogP contribution in [0.25, 0.3) is 0 Å². The first-order valence-corrected chi connectivity index (χ1v) is 6.35. The van der Waals surface area contributed by atoms with Gasteiger partial charge in [0, 0.05) is 0 Å². The Morgan fingerprint density at radius 2 is 2.20 bits per heavy atom. The van der Waals surface area contributed by atoms with Gasteiger partial charge < -0.3 is 9.84 Å². The van der Waals surface area contributed by atoms with Gasteiger partial charge in [0.1, 0.15) is 0 Å². The van der Waals surface area contributed by atoms with Crippen molar-refractivity contribution in [1.82, 2.24) is 15.5 Å². The molecule has 1 aromatic heterocycles. The van der Waals surface area contributed by atoms with Crippen molar-refractivity contribution in [2.45, 2.75) is 38.5 Å². The number of thioether (sulfide) groups is 1. The Hall–Kier alpha value is -0.550. The highest BCUT2D eigenvalue weighted by Gasteiger charge is 2.25. The molecule has 86 valence electrons. The zero-order valence-electron chi connectivity index (χ0n) is 9.83. The van der Waals surface area contributed by atoms with Crippen LogP contribution in [0.15, 0.2) is 4.52 Å². The summed E-state index contributed by atoms with van der Waals surface area (Å²) in [6.45, 7) is 6.20. The molecule has 0 radical (unpaired) electrons. The Morgan fingerprint density at radius 1 is 1.47 bits per heavy atom. The lowest BCUT2D eigenvalue weighted by atomic mass is 10.1. The van der Waals surface area contributed by atoms with E-state index in [4.69, 9.17) is 4.52 Å². The predicted octanol–water partition coefficient (Wildman–Crippen LogP) is 2.17. The molecule has 0 aliphatic heterocycles. The predicted molar refractivity (Wildman–Crippen MR) is 62.8 cm³/mol. The van der Waals surface area contributed by atoms with Crippen LogP contribution in [-0.4, -0.2) is 22.9 Å². The van der Waals surface area contributed by atoms with Crippen molar-refractivity contribution in [3.05, 3.63) is 11.7 Å². The standard InChI is InChI=1S/C10H19N3OS/c1-5-6-15-7-8-12-9(14-13-8)10(2,3)11-4/h11H,5-7H2,1-4H3. The van der Waals surface area contributed by atoms with Crippen LogP contribution >= 0.6 is 11.8 Å². The van der Waals surface area contributed by atoms with E-state index < -0.39 is 0 Å². The monoisotopic (exact) mass is 229 g/mol. The SMILES string of the molecule is CCCSCc1noc(C(C)(C)NC)n1. The van der Waals surface area contributed by atoms with Gasteiger partial charge in [-0.2, -0.15) is 16.7 Å². The number of rotatable bonds is 6. The Balaban J connectivity index is 2.56. The third-order valence-electron chi connectivity index (χ3n) is 2.21. The third-order valence-corrected chi connectivity index (χ3v) is 3.37. The van der Waals surface area contributed by atoms with Gasteiger partial charge >= 0.3 is 0 Å². The smallest absolute Gasteiger partial charge is 0.246 e. The van der Waals surface area contributed by atoms with Gasteiger partial charge in [0.05, 0.1) is 11.3 Å². The molecule has 0 aliphatic carbocycles. The van der Waals surface area contributed by atoms with Crippen molar-refractivity contribution in [2.24, 2.45) is 0 Å². The lowest BCUT2D eigenvalue weighted by molar-refractivity contribution is 0.280. The van der Waals surface area contributed by atoms with E-state index in [1.54, 1.807) is 0 Å². The van der Waals surface area contributed by atoms with E-state index in [-0.39, 0.29) is 5.54 Å². The third kappa shape index (κ3) is 3.50. The van der Waals surface area contributed by atoms with Crippen LogP contribution in [0.3, 0.4) is 0 Å². The first-order valence-electron chi connectivity index (χ1n) is 5.20. The minimum Gasteiger partial charge on any atom is -0.337 e. The van der Waals surface area contributed by atoms with E-state index in [9.17, 15) is 0 Å². The molecule has 0 atom stereocenters. The van der Waals surface area contributed by atoms with Gasteiger partial charge in [0.25, 0.3) is 0 Å². The Kier molecular flexibility index (Phi) is 4.60. The summed E-state index contributed by atoms with van der Waals surface area (Å²) in [7, 11) is 1.88. The maximum Gasteiger partial charge on any atom is 0.246 e. The van der Waals surface area contributed by atoms with E-state index in [1.807, 2.05) is 32.7 Å². The molecule has 0 saturated heterocycles. The number of aromatic nitrogens is 2. The molecular formula is C10H19N3OS. The first kappa shape index (κ1) is 12.5. The first-order chi connectivity index (χ1) is 7.10. The van der Waals surface area contributed by atoms with Gasteiger partial charge in [-0.05, 0) is 33.1 Å². The zero-order valence-corrected chi connectivity index (χ0v) is 10.6. The second-order valence-corrected chi connectivity index (χ2v) is 5.05. The number of hydrogen-bond acceptors (Lipinski definition) is 5. The van der Waals surface area contributed by atoms with Crippen molar-refractivity contribution in [3.63, 3.8) is 0 Å². The van der Waals surface area contributed by atoms with Crippen molar-refractivity contribution in [3.8, 4) is 0 Å². The van der Waals surface area contributed by atoms with Crippen molar-refractivity contribution in [2.75, 3.05) is 12.8 Å². The fourth-order valence-electron chi connectivity index (χ4n) is 0.981. The van der Waals surface area contributed by atoms with Gasteiger partial charge in [-0.3, -0.25) is 0 Å². The summed E-state index contributed by atoms with van der Waals surface area (Å²) in [6.07, 6.45) is 1.18. The molecule has 5 heteroatoms. The van der Waals surface area contributed by atoms with Crippen LogP contribution in [0, 0.1) is 0 Å². The van der Waals surface area contributed by atoms with E-state index in [0.717, 1.165) is 17.3 Å². The molecule has 0 fully saturated rings. The Bertz CT molecular complexity index is 299. The largest absolute Gasteiger partial charge is 0.337 e. The summed E-state index contributed by atoms with van der Waals surface area (Å²) in [6, 6.07) is 0. The van der Waals surface area contributed by atoms with Gasteiger partial charge in [-0.1, -0.05) is 12.1 Å². The number of hydrogen-bond donors (Lipinski definition) is 1. The minimum atomic E-state index is -0.249. The molecule has 0 aliphatic rings. The second-order valence-electron chi connectivity index (χ2n) is 3.94. The van der Waals surface area contributed by atoms with Crippen molar-refractivity contribution in [1.29, 1.82) is 0 Å². The van der Waals surface area contributed by atoms with Gasteiger partial charge in [-0.25, -0.2) is 0 Å². The summed E-state index contributed by atoms with van der Waals surface area (Å²) in [5.74, 6) is 3.40. The number of nitrogens with one attached hydrogen (secondary N) is 1. The molecule has 4 nitrogen and oxygen atoms in total. The lowest BCUT2D eigenvalue weighted by Crippen LogP contribution is -2.33. The second kappa shape index (κ2) is 5.51. The van der Waals surface area contributed by atoms with Gasteiger partial charge in [-0.15, -0.1) is 0 Å². The molecule has 1 aromatic rings. The molecule has 0 aromatic carbocycles. The van der Waals surface area contributed by atoms with Crippen molar-refractivity contribution >= 4 is 11.8 Å². The van der Waals surface area contributed by atoms with Crippen LogP contribution in [0.4, 0.5) is 0 Å². The van der Waals surface area contributed by atoms with E-state index in [0.29, 0.717) is 5.89 Å². The normalized spacial score (nSPS) is 12.0. The average Bonchev–Trinajstić information content (AvgIpc) is 2.68. The topological polar surface area (TPSA) is 51.0 Å². The van der Waals surface area contributed by atoms with Crippen LogP contribution < -0.4 is 5.32 Å². The molecule has 1 N–H and O–H groups in total. The fourth-order valence-corrected chi connectivity index (χ4v) is 1.71. The fraction of sp³-hybridized carbons (Fsp3) is 0.800. The highest BCUT2D eigenvalue weighted by Crippen LogP contribution is 2.18. The highest BCUT2D eigenvalue weighted by atomic mass is 32.2. The Labute approximate surface area is 95.2 Å². The van der Waals surface area contributed by atoms with Gasteiger partial charge in [0.15, 0.2) is 5.82 Å². The maximum absolute atomic E-state index is 5.21. The summed E-state index contributed by atoms with van der Waals surface area (Å²) in [5, 5.41) is 7.09. The molecule has 0 unspecified atom stereocenters. The van der Waals surface area contributed by atoms with Crippen LogP contribution in [-0.2, 0) is 11.3 Å². The van der Waals surface area contributed by atoms with Crippen molar-refractivity contribution < 1.29 is 4.52 Å². The average molecular weight is 229 g/mol. The Morgan fingerprint density at radius 3 is 2.80 bits per heavy atom. The van der Waals surface area contributed by atoms with E-state index in [2.05, 4.69) is 22.4 Å². The molecule has 15 heavy (non-hydrogen) atoms. The van der Waals surface area contributed by atoms with Crippen LogP contribution in [0.2, 0.25) is 0 Å². The molecule has 0 amide bonds.